The summed E-state index contributed by atoms with van der Waals surface area (Å²) in [6, 6.07) is 43.4. The molecule has 4 heteroatoms. The maximum absolute atomic E-state index is 6.36. The second kappa shape index (κ2) is 9.30. The fraction of sp³-hybridized carbons (Fsp3) is 0.0789. The van der Waals surface area contributed by atoms with E-state index in [-0.39, 0.29) is 0 Å². The summed E-state index contributed by atoms with van der Waals surface area (Å²) in [6.45, 7) is 7.17. The van der Waals surface area contributed by atoms with E-state index in [1.807, 2.05) is 18.3 Å². The van der Waals surface area contributed by atoms with Gasteiger partial charge in [0.15, 0.2) is 0 Å². The summed E-state index contributed by atoms with van der Waals surface area (Å²) >= 11 is 0. The fourth-order valence-corrected chi connectivity index (χ4v) is 7.37. The third-order valence-electron chi connectivity index (χ3n) is 8.45. The average Bonchev–Trinajstić information content (AvgIpc) is 3.56. The molecule has 8 rings (SSSR count). The van der Waals surface area contributed by atoms with Gasteiger partial charge in [-0.25, -0.2) is 0 Å². The first-order valence-corrected chi connectivity index (χ1v) is 18.0. The van der Waals surface area contributed by atoms with E-state index in [2.05, 4.69) is 133 Å². The van der Waals surface area contributed by atoms with Crippen molar-refractivity contribution >= 4 is 57.0 Å². The number of hydrogen-bond acceptors (Lipinski definition) is 2. The molecule has 3 aromatic heterocycles. The summed E-state index contributed by atoms with van der Waals surface area (Å²) in [5.74, 6) is 0. The van der Waals surface area contributed by atoms with Crippen molar-refractivity contribution in [3.8, 4) is 28.1 Å². The van der Waals surface area contributed by atoms with Gasteiger partial charge in [0.25, 0.3) is 0 Å². The van der Waals surface area contributed by atoms with E-state index >= 15 is 0 Å². The lowest BCUT2D eigenvalue weighted by molar-refractivity contribution is 0.670. The highest BCUT2D eigenvalue weighted by atomic mass is 28.3. The third kappa shape index (κ3) is 3.91. The number of pyridine rings is 1. The Hall–Kier alpha value is -4.93. The predicted molar refractivity (Wildman–Crippen MR) is 180 cm³/mol. The molecule has 0 amide bonds. The molecule has 0 fully saturated rings. The Bertz CT molecular complexity index is 2270. The van der Waals surface area contributed by atoms with Crippen LogP contribution in [0.4, 0.5) is 0 Å². The van der Waals surface area contributed by atoms with Crippen LogP contribution in [0.5, 0.6) is 0 Å². The van der Waals surface area contributed by atoms with Gasteiger partial charge in [0.2, 0.25) is 0 Å². The molecule has 0 atom stereocenters. The number of nitrogens with zero attached hydrogens (tertiary/aromatic N) is 2. The van der Waals surface area contributed by atoms with Crippen LogP contribution in [-0.2, 0) is 0 Å². The number of para-hydroxylation sites is 3. The van der Waals surface area contributed by atoms with E-state index in [1.54, 1.807) is 0 Å². The Morgan fingerprint density at radius 3 is 2.02 bits per heavy atom. The minimum absolute atomic E-state index is 0.873. The Kier molecular flexibility index (Phi) is 5.50. The van der Waals surface area contributed by atoms with Gasteiger partial charge in [-0.3, -0.25) is 4.98 Å². The van der Waals surface area contributed by atoms with Gasteiger partial charge < -0.3 is 8.98 Å². The number of rotatable bonds is 4. The minimum atomic E-state index is -1.32. The number of furan rings is 1. The quantitative estimate of drug-likeness (QED) is 0.201. The fourth-order valence-electron chi connectivity index (χ4n) is 6.20. The van der Waals surface area contributed by atoms with Crippen molar-refractivity contribution in [2.75, 3.05) is 0 Å². The molecule has 0 aliphatic carbocycles. The first-order valence-electron chi connectivity index (χ1n) is 14.5. The molecule has 3 heterocycles. The first kappa shape index (κ1) is 24.8. The Labute approximate surface area is 245 Å². The molecule has 202 valence electrons. The minimum Gasteiger partial charge on any atom is -0.455 e. The van der Waals surface area contributed by atoms with E-state index < -0.39 is 8.07 Å². The second-order valence-corrected chi connectivity index (χ2v) is 17.2. The zero-order chi connectivity index (χ0) is 28.4. The summed E-state index contributed by atoms with van der Waals surface area (Å²) in [5, 5.41) is 6.05. The van der Waals surface area contributed by atoms with E-state index in [1.165, 1.54) is 27.2 Å². The molecule has 5 aromatic carbocycles. The second-order valence-electron chi connectivity index (χ2n) is 12.1. The van der Waals surface area contributed by atoms with Crippen molar-refractivity contribution in [1.82, 2.24) is 9.55 Å². The molecular weight excluding hydrogens is 529 g/mol. The molecule has 0 radical (unpaired) electrons. The highest BCUT2D eigenvalue weighted by Gasteiger charge is 2.18. The molecular formula is C38H30N2OSi. The van der Waals surface area contributed by atoms with Gasteiger partial charge in [-0.2, -0.15) is 0 Å². The van der Waals surface area contributed by atoms with Crippen molar-refractivity contribution in [1.29, 1.82) is 0 Å². The molecule has 0 N–H and O–H groups in total. The van der Waals surface area contributed by atoms with Crippen molar-refractivity contribution in [2.45, 2.75) is 19.6 Å². The van der Waals surface area contributed by atoms with Crippen molar-refractivity contribution < 1.29 is 4.42 Å². The molecule has 42 heavy (non-hydrogen) atoms. The molecule has 0 saturated heterocycles. The van der Waals surface area contributed by atoms with Crippen molar-refractivity contribution in [2.24, 2.45) is 0 Å². The van der Waals surface area contributed by atoms with Crippen LogP contribution < -0.4 is 5.19 Å². The van der Waals surface area contributed by atoms with Gasteiger partial charge in [0.1, 0.15) is 11.2 Å². The van der Waals surface area contributed by atoms with E-state index in [9.17, 15) is 0 Å². The molecule has 0 aliphatic heterocycles. The predicted octanol–water partition coefficient (Wildman–Crippen LogP) is 9.96. The Morgan fingerprint density at radius 2 is 1.26 bits per heavy atom. The van der Waals surface area contributed by atoms with E-state index in [0.717, 1.165) is 49.8 Å². The van der Waals surface area contributed by atoms with Crippen LogP contribution in [0.2, 0.25) is 19.6 Å². The molecule has 0 saturated carbocycles. The smallest absolute Gasteiger partial charge is 0.144 e. The topological polar surface area (TPSA) is 31.0 Å². The number of hydrogen-bond donors (Lipinski definition) is 0. The lowest BCUT2D eigenvalue weighted by Crippen LogP contribution is -2.37. The SMILES string of the molecule is C[Si](C)(C)c1ccc(-c2ccc(-n3c4ccccc4c4cnc(-c5cccc6c5oc5ccccc56)cc43)cc2)cc1. The largest absolute Gasteiger partial charge is 0.455 e. The molecule has 0 bridgehead atoms. The van der Waals surface area contributed by atoms with Gasteiger partial charge >= 0.3 is 0 Å². The monoisotopic (exact) mass is 558 g/mol. The third-order valence-corrected chi connectivity index (χ3v) is 10.5. The van der Waals surface area contributed by atoms with Crippen LogP contribution in [0.25, 0.3) is 71.8 Å². The Morgan fingerprint density at radius 1 is 0.595 bits per heavy atom. The first-order chi connectivity index (χ1) is 20.5. The summed E-state index contributed by atoms with van der Waals surface area (Å²) < 4.78 is 8.71. The lowest BCUT2D eigenvalue weighted by Gasteiger charge is -2.17. The number of fused-ring (bicyclic) bond motifs is 6. The number of benzene rings is 5. The highest BCUT2D eigenvalue weighted by molar-refractivity contribution is 6.88. The highest BCUT2D eigenvalue weighted by Crippen LogP contribution is 2.38. The normalized spacial score (nSPS) is 12.2. The maximum Gasteiger partial charge on any atom is 0.144 e. The standard InChI is InChI=1S/C38H30N2OSi/c1-42(2,3)28-21-17-26(18-22-28)25-15-19-27(20-16-25)40-35-13-6-4-9-29(35)33-24-39-34(23-36(33)40)32-12-8-11-31-30-10-5-7-14-37(30)41-38(31)32/h4-24H,1-3H3. The van der Waals surface area contributed by atoms with Crippen molar-refractivity contribution in [3.63, 3.8) is 0 Å². The summed E-state index contributed by atoms with van der Waals surface area (Å²) in [4.78, 5) is 4.96. The number of aromatic nitrogens is 2. The zero-order valence-corrected chi connectivity index (χ0v) is 24.9. The van der Waals surface area contributed by atoms with Gasteiger partial charge in [0.05, 0.1) is 24.8 Å². The molecule has 0 spiro atoms. The lowest BCUT2D eigenvalue weighted by atomic mass is 10.1. The van der Waals surface area contributed by atoms with Crippen LogP contribution in [0, 0.1) is 0 Å². The molecule has 8 aromatic rings. The van der Waals surface area contributed by atoms with Gasteiger partial charge in [-0.15, -0.1) is 0 Å². The van der Waals surface area contributed by atoms with Crippen LogP contribution in [0.3, 0.4) is 0 Å². The zero-order valence-electron chi connectivity index (χ0n) is 23.9. The van der Waals surface area contributed by atoms with E-state index in [4.69, 9.17) is 9.40 Å². The summed E-state index contributed by atoms with van der Waals surface area (Å²) in [5.41, 5.74) is 9.56. The van der Waals surface area contributed by atoms with E-state index in [0.29, 0.717) is 0 Å². The summed E-state index contributed by atoms with van der Waals surface area (Å²) in [7, 11) is -1.32. The van der Waals surface area contributed by atoms with Gasteiger partial charge in [-0.1, -0.05) is 110 Å². The summed E-state index contributed by atoms with van der Waals surface area (Å²) in [6.07, 6.45) is 2.01. The average molecular weight is 559 g/mol. The van der Waals surface area contributed by atoms with Crippen LogP contribution in [0.1, 0.15) is 0 Å². The Balaban J connectivity index is 1.28. The van der Waals surface area contributed by atoms with Crippen LogP contribution in [-0.4, -0.2) is 17.6 Å². The van der Waals surface area contributed by atoms with Crippen LogP contribution >= 0.6 is 0 Å². The maximum atomic E-state index is 6.36. The van der Waals surface area contributed by atoms with Gasteiger partial charge in [0, 0.05) is 39.0 Å². The molecule has 3 nitrogen and oxygen atoms in total. The van der Waals surface area contributed by atoms with Crippen LogP contribution in [0.15, 0.2) is 132 Å². The van der Waals surface area contributed by atoms with Crippen molar-refractivity contribution in [3.05, 3.63) is 128 Å². The molecule has 0 aliphatic rings. The van der Waals surface area contributed by atoms with Gasteiger partial charge in [-0.05, 0) is 47.5 Å². The molecule has 0 unspecified atom stereocenters.